The molecule has 1 aromatic heterocycles. The van der Waals surface area contributed by atoms with Gasteiger partial charge >= 0.3 is 0 Å². The molecule has 4 nitrogen and oxygen atoms in total. The number of benzene rings is 2. The molecule has 0 aliphatic rings. The highest BCUT2D eigenvalue weighted by molar-refractivity contribution is 7.20. The van der Waals surface area contributed by atoms with E-state index in [9.17, 15) is 10.0 Å². The summed E-state index contributed by atoms with van der Waals surface area (Å²) in [5, 5.41) is 11.6. The lowest BCUT2D eigenvalue weighted by Gasteiger charge is -2.14. The lowest BCUT2D eigenvalue weighted by molar-refractivity contribution is -0.0633. The van der Waals surface area contributed by atoms with Gasteiger partial charge in [0.1, 0.15) is 12.4 Å². The van der Waals surface area contributed by atoms with Crippen LogP contribution in [0.1, 0.15) is 9.67 Å². The quantitative estimate of drug-likeness (QED) is 0.575. The Morgan fingerprint density at radius 1 is 1.09 bits per heavy atom. The summed E-state index contributed by atoms with van der Waals surface area (Å²) in [6.45, 7) is 0.346. The number of hydrogen-bond acceptors (Lipinski definition) is 4. The molecule has 0 aliphatic carbocycles. The Morgan fingerprint density at radius 3 is 2.59 bits per heavy atom. The van der Waals surface area contributed by atoms with Crippen molar-refractivity contribution in [1.29, 1.82) is 0 Å². The molecular weight excluding hydrogens is 298 g/mol. The summed E-state index contributed by atoms with van der Waals surface area (Å²) in [5.74, 6) is 0.308. The summed E-state index contributed by atoms with van der Waals surface area (Å²) in [6.07, 6.45) is 0. The third-order valence-electron chi connectivity index (χ3n) is 3.19. The molecule has 0 unspecified atom stereocenters. The number of thiophene rings is 1. The Kier molecular flexibility index (Phi) is 4.37. The van der Waals surface area contributed by atoms with Crippen LogP contribution in [0.3, 0.4) is 0 Å². The molecule has 5 heteroatoms. The lowest BCUT2D eigenvalue weighted by Crippen LogP contribution is -2.30. The first-order chi connectivity index (χ1) is 10.7. The second-order valence-electron chi connectivity index (χ2n) is 4.74. The number of ether oxygens (including phenoxy) is 1. The first-order valence-electron chi connectivity index (χ1n) is 6.91. The second kappa shape index (κ2) is 6.60. The lowest BCUT2D eigenvalue weighted by atomic mass is 10.2. The van der Waals surface area contributed by atoms with Gasteiger partial charge in [-0.1, -0.05) is 36.4 Å². The van der Waals surface area contributed by atoms with Crippen LogP contribution in [0.25, 0.3) is 10.1 Å². The molecule has 0 fully saturated rings. The summed E-state index contributed by atoms with van der Waals surface area (Å²) in [4.78, 5) is 12.7. The normalized spacial score (nSPS) is 10.6. The van der Waals surface area contributed by atoms with Gasteiger partial charge in [0.15, 0.2) is 0 Å². The minimum atomic E-state index is -0.405. The average Bonchev–Trinajstić information content (AvgIpc) is 2.99. The van der Waals surface area contributed by atoms with E-state index in [2.05, 4.69) is 0 Å². The molecule has 3 aromatic rings. The molecule has 0 radical (unpaired) electrons. The van der Waals surface area contributed by atoms with E-state index in [-0.39, 0.29) is 13.2 Å². The Hall–Kier alpha value is -2.37. The third kappa shape index (κ3) is 3.27. The van der Waals surface area contributed by atoms with Gasteiger partial charge in [0.05, 0.1) is 11.4 Å². The maximum Gasteiger partial charge on any atom is 0.287 e. The highest BCUT2D eigenvalue weighted by atomic mass is 32.1. The Labute approximate surface area is 132 Å². The van der Waals surface area contributed by atoms with Crippen molar-refractivity contribution in [2.45, 2.75) is 0 Å². The zero-order chi connectivity index (χ0) is 15.4. The van der Waals surface area contributed by atoms with Crippen LogP contribution in [0.2, 0.25) is 0 Å². The van der Waals surface area contributed by atoms with E-state index in [0.717, 1.165) is 10.1 Å². The maximum absolute atomic E-state index is 12.2. The first-order valence-corrected chi connectivity index (χ1v) is 7.73. The van der Waals surface area contributed by atoms with Crippen molar-refractivity contribution in [3.05, 3.63) is 65.5 Å². The number of amides is 1. The second-order valence-corrected chi connectivity index (χ2v) is 5.82. The molecular formula is C17H15NO3S. The van der Waals surface area contributed by atoms with Gasteiger partial charge < -0.3 is 4.74 Å². The summed E-state index contributed by atoms with van der Waals surface area (Å²) < 4.78 is 6.50. The Morgan fingerprint density at radius 2 is 1.82 bits per heavy atom. The van der Waals surface area contributed by atoms with E-state index in [1.54, 1.807) is 6.07 Å². The summed E-state index contributed by atoms with van der Waals surface area (Å²) >= 11 is 1.37. The molecule has 0 aliphatic heterocycles. The molecule has 0 saturated carbocycles. The predicted molar refractivity (Wildman–Crippen MR) is 86.6 cm³/mol. The molecule has 0 spiro atoms. The van der Waals surface area contributed by atoms with Crippen molar-refractivity contribution in [3.63, 3.8) is 0 Å². The average molecular weight is 313 g/mol. The highest BCUT2D eigenvalue weighted by Crippen LogP contribution is 2.26. The van der Waals surface area contributed by atoms with Crippen LogP contribution in [-0.4, -0.2) is 29.3 Å². The Bertz CT molecular complexity index is 737. The smallest absolute Gasteiger partial charge is 0.287 e. The van der Waals surface area contributed by atoms with Crippen LogP contribution in [0, 0.1) is 0 Å². The van der Waals surface area contributed by atoms with Gasteiger partial charge in [-0.3, -0.25) is 10.0 Å². The summed E-state index contributed by atoms with van der Waals surface area (Å²) in [6, 6.07) is 18.8. The van der Waals surface area contributed by atoms with E-state index >= 15 is 0 Å². The number of rotatable bonds is 5. The zero-order valence-corrected chi connectivity index (χ0v) is 12.6. The van der Waals surface area contributed by atoms with E-state index < -0.39 is 5.91 Å². The van der Waals surface area contributed by atoms with E-state index in [0.29, 0.717) is 15.7 Å². The number of fused-ring (bicyclic) bond motifs is 1. The molecule has 2 aromatic carbocycles. The van der Waals surface area contributed by atoms with Crippen LogP contribution in [0.5, 0.6) is 5.75 Å². The van der Waals surface area contributed by atoms with Gasteiger partial charge in [0, 0.05) is 4.70 Å². The maximum atomic E-state index is 12.2. The monoisotopic (exact) mass is 313 g/mol. The predicted octanol–water partition coefficient (Wildman–Crippen LogP) is 3.81. The van der Waals surface area contributed by atoms with Gasteiger partial charge in [0.2, 0.25) is 0 Å². The van der Waals surface area contributed by atoms with Crippen LogP contribution in [0.4, 0.5) is 0 Å². The van der Waals surface area contributed by atoms with E-state index in [1.165, 1.54) is 11.3 Å². The SMILES string of the molecule is O=C(c1cc2ccccc2s1)N(O)CCOc1ccccc1. The fraction of sp³-hybridized carbons (Fsp3) is 0.118. The molecule has 0 atom stereocenters. The number of carbonyl (C=O) groups excluding carboxylic acids is 1. The number of para-hydroxylation sites is 1. The number of hydrogen-bond donors (Lipinski definition) is 1. The van der Waals surface area contributed by atoms with Crippen LogP contribution in [-0.2, 0) is 0 Å². The number of carbonyl (C=O) groups is 1. The molecule has 3 rings (SSSR count). The van der Waals surface area contributed by atoms with Crippen molar-refractivity contribution in [2.24, 2.45) is 0 Å². The van der Waals surface area contributed by atoms with Crippen LogP contribution < -0.4 is 4.74 Å². The van der Waals surface area contributed by atoms with Crippen LogP contribution in [0.15, 0.2) is 60.7 Å². The minimum Gasteiger partial charge on any atom is -0.492 e. The van der Waals surface area contributed by atoms with Gasteiger partial charge in [-0.15, -0.1) is 11.3 Å². The van der Waals surface area contributed by atoms with Crippen molar-refractivity contribution in [2.75, 3.05) is 13.2 Å². The van der Waals surface area contributed by atoms with Gasteiger partial charge in [-0.05, 0) is 29.7 Å². The van der Waals surface area contributed by atoms with Crippen molar-refractivity contribution < 1.29 is 14.7 Å². The van der Waals surface area contributed by atoms with Gasteiger partial charge in [0.25, 0.3) is 5.91 Å². The molecule has 0 saturated heterocycles. The van der Waals surface area contributed by atoms with Gasteiger partial charge in [-0.2, -0.15) is 0 Å². The molecule has 0 bridgehead atoms. The van der Waals surface area contributed by atoms with Crippen molar-refractivity contribution in [3.8, 4) is 5.75 Å². The van der Waals surface area contributed by atoms with E-state index in [4.69, 9.17) is 4.74 Å². The topological polar surface area (TPSA) is 49.8 Å². The number of hydroxylamine groups is 2. The zero-order valence-electron chi connectivity index (χ0n) is 11.8. The van der Waals surface area contributed by atoms with E-state index in [1.807, 2.05) is 54.6 Å². The number of nitrogens with zero attached hydrogens (tertiary/aromatic N) is 1. The first kappa shape index (κ1) is 14.6. The standard InChI is InChI=1S/C17H15NO3S/c19-17(16-12-13-6-4-5-9-15(13)22-16)18(20)10-11-21-14-7-2-1-3-8-14/h1-9,12,20H,10-11H2. The molecule has 1 heterocycles. The van der Waals surface area contributed by atoms with Crippen molar-refractivity contribution in [1.82, 2.24) is 5.06 Å². The fourth-order valence-corrected chi connectivity index (χ4v) is 3.09. The summed E-state index contributed by atoms with van der Waals surface area (Å²) in [5.41, 5.74) is 0. The Balaban J connectivity index is 1.59. The highest BCUT2D eigenvalue weighted by Gasteiger charge is 2.16. The van der Waals surface area contributed by atoms with Gasteiger partial charge in [-0.25, -0.2) is 5.06 Å². The third-order valence-corrected chi connectivity index (χ3v) is 4.29. The minimum absolute atomic E-state index is 0.113. The summed E-state index contributed by atoms with van der Waals surface area (Å²) in [7, 11) is 0. The fourth-order valence-electron chi connectivity index (χ4n) is 2.08. The molecule has 22 heavy (non-hydrogen) atoms. The molecule has 112 valence electrons. The molecule has 1 N–H and O–H groups in total. The molecule has 1 amide bonds. The largest absolute Gasteiger partial charge is 0.492 e. The van der Waals surface area contributed by atoms with Crippen LogP contribution >= 0.6 is 11.3 Å². The van der Waals surface area contributed by atoms with Crippen molar-refractivity contribution >= 4 is 27.3 Å².